The highest BCUT2D eigenvalue weighted by Gasteiger charge is 2.12. The normalized spacial score (nSPS) is 12.4. The molecule has 0 aliphatic carbocycles. The van der Waals surface area contributed by atoms with Crippen LogP contribution in [-0.2, 0) is 11.3 Å². The molecule has 1 N–H and O–H groups in total. The van der Waals surface area contributed by atoms with Gasteiger partial charge in [-0.05, 0) is 35.9 Å². The van der Waals surface area contributed by atoms with Crippen molar-refractivity contribution in [2.45, 2.75) is 6.54 Å². The van der Waals surface area contributed by atoms with E-state index in [0.717, 1.165) is 5.56 Å². The lowest BCUT2D eigenvalue weighted by molar-refractivity contribution is -0.116. The number of ether oxygens (including phenoxy) is 2. The van der Waals surface area contributed by atoms with E-state index in [9.17, 15) is 9.59 Å². The van der Waals surface area contributed by atoms with Crippen molar-refractivity contribution >= 4 is 12.0 Å². The lowest BCUT2D eigenvalue weighted by atomic mass is 10.2. The Kier molecular flexibility index (Phi) is 4.87. The standard InChI is InChI=1S/C19H17N5O4/c25-18(6-3-14-2-4-15-16(12-14)28-13-27-15)20-9-11-24-19(26)7-5-17(22-24)23-10-1-8-21-23/h1-8,10,12H,9,11,13H2,(H,20,25). The number of nitrogens with zero attached hydrogens (tertiary/aromatic N) is 4. The minimum Gasteiger partial charge on any atom is -0.454 e. The number of fused-ring (bicyclic) bond motifs is 1. The number of nitrogens with one attached hydrogen (secondary N) is 1. The minimum atomic E-state index is -0.269. The predicted octanol–water partition coefficient (Wildman–Crippen LogP) is 0.987. The van der Waals surface area contributed by atoms with Crippen LogP contribution in [0.1, 0.15) is 5.56 Å². The molecular formula is C19H17N5O4. The summed E-state index contributed by atoms with van der Waals surface area (Å²) in [5.41, 5.74) is 0.574. The van der Waals surface area contributed by atoms with E-state index >= 15 is 0 Å². The second-order valence-corrected chi connectivity index (χ2v) is 5.94. The van der Waals surface area contributed by atoms with Gasteiger partial charge in [-0.3, -0.25) is 9.59 Å². The smallest absolute Gasteiger partial charge is 0.266 e. The molecule has 1 aliphatic rings. The SMILES string of the molecule is O=C(C=Cc1ccc2c(c1)OCO2)NCCn1nc(-n2cccn2)ccc1=O. The molecule has 28 heavy (non-hydrogen) atoms. The highest BCUT2D eigenvalue weighted by molar-refractivity contribution is 5.91. The maximum absolute atomic E-state index is 12.0. The van der Waals surface area contributed by atoms with Crippen LogP contribution < -0.4 is 20.3 Å². The van der Waals surface area contributed by atoms with Gasteiger partial charge in [-0.15, -0.1) is 5.10 Å². The molecule has 2 aromatic heterocycles. The Balaban J connectivity index is 1.33. The molecule has 0 fully saturated rings. The van der Waals surface area contributed by atoms with Crippen molar-refractivity contribution in [2.24, 2.45) is 0 Å². The molecular weight excluding hydrogens is 362 g/mol. The molecule has 3 aromatic rings. The summed E-state index contributed by atoms with van der Waals surface area (Å²) in [6, 6.07) is 10.2. The van der Waals surface area contributed by atoms with Crippen LogP contribution in [-0.4, -0.2) is 38.8 Å². The monoisotopic (exact) mass is 379 g/mol. The Hall–Kier alpha value is -3.88. The predicted molar refractivity (Wildman–Crippen MR) is 100 cm³/mol. The van der Waals surface area contributed by atoms with Crippen molar-refractivity contribution in [3.8, 4) is 17.3 Å². The molecule has 0 saturated heterocycles. The van der Waals surface area contributed by atoms with Gasteiger partial charge in [0.05, 0.1) is 6.54 Å². The number of benzene rings is 1. The van der Waals surface area contributed by atoms with E-state index in [2.05, 4.69) is 15.5 Å². The zero-order chi connectivity index (χ0) is 19.3. The largest absolute Gasteiger partial charge is 0.454 e. The molecule has 0 atom stereocenters. The van der Waals surface area contributed by atoms with E-state index in [1.807, 2.05) is 6.07 Å². The zero-order valence-electron chi connectivity index (χ0n) is 14.8. The first-order valence-electron chi connectivity index (χ1n) is 8.63. The highest BCUT2D eigenvalue weighted by Crippen LogP contribution is 2.32. The number of carbonyl (C=O) groups excluding carboxylic acids is 1. The van der Waals surface area contributed by atoms with E-state index < -0.39 is 0 Å². The lowest BCUT2D eigenvalue weighted by Crippen LogP contribution is -2.31. The maximum Gasteiger partial charge on any atom is 0.266 e. The number of hydrogen-bond acceptors (Lipinski definition) is 6. The van der Waals surface area contributed by atoms with E-state index in [-0.39, 0.29) is 31.3 Å². The summed E-state index contributed by atoms with van der Waals surface area (Å²) < 4.78 is 13.4. The molecule has 9 nitrogen and oxygen atoms in total. The Morgan fingerprint density at radius 3 is 2.96 bits per heavy atom. The van der Waals surface area contributed by atoms with Crippen LogP contribution in [0.25, 0.3) is 11.9 Å². The van der Waals surface area contributed by atoms with Crippen LogP contribution in [0.15, 0.2) is 59.7 Å². The summed E-state index contributed by atoms with van der Waals surface area (Å²) in [5.74, 6) is 1.61. The third kappa shape index (κ3) is 3.93. The molecule has 3 heterocycles. The average molecular weight is 379 g/mol. The van der Waals surface area contributed by atoms with Crippen LogP contribution in [0.3, 0.4) is 0 Å². The lowest BCUT2D eigenvalue weighted by Gasteiger charge is -2.07. The van der Waals surface area contributed by atoms with Crippen molar-refractivity contribution in [3.63, 3.8) is 0 Å². The van der Waals surface area contributed by atoms with Crippen molar-refractivity contribution < 1.29 is 14.3 Å². The summed E-state index contributed by atoms with van der Waals surface area (Å²) in [7, 11) is 0. The summed E-state index contributed by atoms with van der Waals surface area (Å²) in [6.45, 7) is 0.718. The topological polar surface area (TPSA) is 100 Å². The quantitative estimate of drug-likeness (QED) is 0.641. The van der Waals surface area contributed by atoms with Gasteiger partial charge in [-0.2, -0.15) is 5.10 Å². The molecule has 0 bridgehead atoms. The Labute approximate surface area is 159 Å². The molecule has 0 radical (unpaired) electrons. The molecule has 1 aromatic carbocycles. The third-order valence-corrected chi connectivity index (χ3v) is 4.04. The molecule has 0 saturated carbocycles. The van der Waals surface area contributed by atoms with E-state index in [0.29, 0.717) is 17.3 Å². The van der Waals surface area contributed by atoms with Gasteiger partial charge in [-0.25, -0.2) is 9.36 Å². The molecule has 4 rings (SSSR count). The van der Waals surface area contributed by atoms with Crippen molar-refractivity contribution in [1.29, 1.82) is 0 Å². The first kappa shape index (κ1) is 17.5. The Bertz CT molecular complexity index is 1070. The maximum atomic E-state index is 12.0. The first-order valence-corrected chi connectivity index (χ1v) is 8.63. The van der Waals surface area contributed by atoms with E-state index in [1.54, 1.807) is 47.4 Å². The molecule has 142 valence electrons. The van der Waals surface area contributed by atoms with Crippen LogP contribution in [0.2, 0.25) is 0 Å². The highest BCUT2D eigenvalue weighted by atomic mass is 16.7. The van der Waals surface area contributed by atoms with Gasteiger partial charge in [0.1, 0.15) is 0 Å². The number of hydrogen-bond donors (Lipinski definition) is 1. The molecule has 0 spiro atoms. The summed E-state index contributed by atoms with van der Waals surface area (Å²) >= 11 is 0. The van der Waals surface area contributed by atoms with Crippen LogP contribution in [0.5, 0.6) is 11.5 Å². The van der Waals surface area contributed by atoms with Gasteiger partial charge in [-0.1, -0.05) is 6.07 Å². The fourth-order valence-electron chi connectivity index (χ4n) is 2.66. The van der Waals surface area contributed by atoms with Gasteiger partial charge in [0.15, 0.2) is 17.3 Å². The molecule has 1 amide bonds. The molecule has 0 unspecified atom stereocenters. The van der Waals surface area contributed by atoms with Gasteiger partial charge in [0.2, 0.25) is 12.7 Å². The summed E-state index contributed by atoms with van der Waals surface area (Å²) in [5, 5.41) is 11.1. The van der Waals surface area contributed by atoms with Gasteiger partial charge in [0.25, 0.3) is 5.56 Å². The minimum absolute atomic E-state index is 0.206. The summed E-state index contributed by atoms with van der Waals surface area (Å²) in [6.07, 6.45) is 6.47. The second kappa shape index (κ2) is 7.78. The van der Waals surface area contributed by atoms with Gasteiger partial charge in [0, 0.05) is 31.1 Å². The Morgan fingerprint density at radius 2 is 2.11 bits per heavy atom. The second-order valence-electron chi connectivity index (χ2n) is 5.94. The Morgan fingerprint density at radius 1 is 1.21 bits per heavy atom. The van der Waals surface area contributed by atoms with Crippen molar-refractivity contribution in [2.75, 3.05) is 13.3 Å². The van der Waals surface area contributed by atoms with Crippen LogP contribution in [0.4, 0.5) is 0 Å². The fourth-order valence-corrected chi connectivity index (χ4v) is 2.66. The van der Waals surface area contributed by atoms with Gasteiger partial charge >= 0.3 is 0 Å². The molecule has 9 heteroatoms. The number of rotatable bonds is 6. The van der Waals surface area contributed by atoms with Gasteiger partial charge < -0.3 is 14.8 Å². The number of carbonyl (C=O) groups is 1. The van der Waals surface area contributed by atoms with E-state index in [4.69, 9.17) is 9.47 Å². The number of aromatic nitrogens is 4. The first-order chi connectivity index (χ1) is 13.7. The van der Waals surface area contributed by atoms with E-state index in [1.165, 1.54) is 16.8 Å². The van der Waals surface area contributed by atoms with Crippen molar-refractivity contribution in [3.05, 3.63) is 70.8 Å². The average Bonchev–Trinajstić information content (AvgIpc) is 3.39. The van der Waals surface area contributed by atoms with Crippen LogP contribution in [0, 0.1) is 0 Å². The van der Waals surface area contributed by atoms with Crippen LogP contribution >= 0.6 is 0 Å². The number of amides is 1. The van der Waals surface area contributed by atoms with Crippen molar-refractivity contribution in [1.82, 2.24) is 24.9 Å². The third-order valence-electron chi connectivity index (χ3n) is 4.04. The molecule has 1 aliphatic heterocycles. The summed E-state index contributed by atoms with van der Waals surface area (Å²) in [4.78, 5) is 23.9. The fraction of sp³-hybridized carbons (Fsp3) is 0.158. The zero-order valence-corrected chi connectivity index (χ0v) is 14.8.